The van der Waals surface area contributed by atoms with Crippen molar-refractivity contribution in [2.45, 2.75) is 66.8 Å². The van der Waals surface area contributed by atoms with Gasteiger partial charge in [-0.1, -0.05) is 41.8 Å². The van der Waals surface area contributed by atoms with E-state index in [-0.39, 0.29) is 41.1 Å². The van der Waals surface area contributed by atoms with Gasteiger partial charge in [0.2, 0.25) is 11.8 Å². The van der Waals surface area contributed by atoms with Crippen molar-refractivity contribution in [2.75, 3.05) is 32.8 Å². The summed E-state index contributed by atoms with van der Waals surface area (Å²) in [5.74, 6) is -1.72. The topological polar surface area (TPSA) is 87.2 Å². The zero-order valence-corrected chi connectivity index (χ0v) is 21.4. The first-order chi connectivity index (χ1) is 15.4. The van der Waals surface area contributed by atoms with Crippen LogP contribution in [0.4, 0.5) is 0 Å². The fourth-order valence-corrected chi connectivity index (χ4v) is 9.17. The maximum Gasteiger partial charge on any atom is 0.310 e. The van der Waals surface area contributed by atoms with Crippen LogP contribution in [0.3, 0.4) is 0 Å². The second-order valence-corrected chi connectivity index (χ2v) is 11.5. The number of hydrogen-bond acceptors (Lipinski definition) is 6. The van der Waals surface area contributed by atoms with Crippen molar-refractivity contribution in [3.05, 3.63) is 12.7 Å². The van der Waals surface area contributed by atoms with Gasteiger partial charge in [-0.25, -0.2) is 0 Å². The lowest BCUT2D eigenvalue weighted by atomic mass is 9.71. The van der Waals surface area contributed by atoms with E-state index in [0.717, 1.165) is 19.3 Å². The number of fused-ring (bicyclic) bond motifs is 1. The molecule has 0 saturated carbocycles. The number of nitrogens with zero attached hydrogens (tertiary/aromatic N) is 2. The molecule has 180 valence electrons. The molecule has 0 radical (unpaired) electrons. The maximum atomic E-state index is 14.0. The minimum atomic E-state index is -0.663. The number of aliphatic hydroxyl groups excluding tert-OH is 1. The highest BCUT2D eigenvalue weighted by Gasteiger charge is 2.76. The third kappa shape index (κ3) is 4.37. The van der Waals surface area contributed by atoms with E-state index in [2.05, 4.69) is 29.4 Å². The maximum absolute atomic E-state index is 14.0. The highest BCUT2D eigenvalue weighted by molar-refractivity contribution is 9.09. The molecular weight excluding hydrogens is 496 g/mol. The van der Waals surface area contributed by atoms with Crippen LogP contribution in [0.2, 0.25) is 0 Å². The molecule has 0 aromatic carbocycles. The van der Waals surface area contributed by atoms with Crippen LogP contribution in [0, 0.1) is 11.8 Å². The first-order valence-electron chi connectivity index (χ1n) is 11.7. The van der Waals surface area contributed by atoms with Gasteiger partial charge < -0.3 is 19.6 Å². The number of hydrogen-bond donors (Lipinski definition) is 1. The summed E-state index contributed by atoms with van der Waals surface area (Å²) < 4.78 is 4.69. The number of carbonyl (C=O) groups is 3. The van der Waals surface area contributed by atoms with Crippen molar-refractivity contribution >= 4 is 45.5 Å². The quantitative estimate of drug-likeness (QED) is 0.180. The third-order valence-electron chi connectivity index (χ3n) is 6.83. The van der Waals surface area contributed by atoms with Crippen molar-refractivity contribution in [3.8, 4) is 0 Å². The molecule has 2 amide bonds. The van der Waals surface area contributed by atoms with E-state index in [4.69, 9.17) is 4.74 Å². The summed E-state index contributed by atoms with van der Waals surface area (Å²) >= 11 is 5.35. The number of thioether (sulfide) groups is 1. The third-order valence-corrected chi connectivity index (χ3v) is 10.1. The number of aliphatic hydroxyl groups is 1. The molecule has 0 aromatic rings. The lowest BCUT2D eigenvalue weighted by Gasteiger charge is -2.37. The van der Waals surface area contributed by atoms with Crippen molar-refractivity contribution in [1.29, 1.82) is 0 Å². The Morgan fingerprint density at radius 2 is 2.12 bits per heavy atom. The van der Waals surface area contributed by atoms with Gasteiger partial charge in [-0.2, -0.15) is 0 Å². The highest BCUT2D eigenvalue weighted by atomic mass is 79.9. The molecule has 2 bridgehead atoms. The van der Waals surface area contributed by atoms with Gasteiger partial charge >= 0.3 is 5.97 Å². The Kier molecular flexibility index (Phi) is 8.72. The zero-order chi connectivity index (χ0) is 23.5. The average Bonchev–Trinajstić information content (AvgIpc) is 3.35. The minimum Gasteiger partial charge on any atom is -0.466 e. The lowest BCUT2D eigenvalue weighted by molar-refractivity contribution is -0.153. The molecule has 1 spiro atoms. The predicted octanol–water partition coefficient (Wildman–Crippen LogP) is 2.60. The summed E-state index contributed by atoms with van der Waals surface area (Å²) in [6.45, 7) is 9.24. The molecule has 9 heteroatoms. The van der Waals surface area contributed by atoms with E-state index in [1.807, 2.05) is 0 Å². The number of carbonyl (C=O) groups excluding carboxylic acids is 3. The molecule has 3 aliphatic rings. The summed E-state index contributed by atoms with van der Waals surface area (Å²) in [4.78, 5) is 44.0. The first kappa shape index (κ1) is 25.6. The molecule has 0 aromatic heterocycles. The number of amides is 2. The first-order valence-corrected chi connectivity index (χ1v) is 13.5. The number of ether oxygens (including phenoxy) is 1. The van der Waals surface area contributed by atoms with Crippen LogP contribution in [0.25, 0.3) is 0 Å². The fraction of sp³-hybridized carbons (Fsp3) is 0.783. The second-order valence-electron chi connectivity index (χ2n) is 8.80. The summed E-state index contributed by atoms with van der Waals surface area (Å²) in [7, 11) is 0. The molecule has 3 unspecified atom stereocenters. The molecule has 3 saturated heterocycles. The smallest absolute Gasteiger partial charge is 0.310 e. The van der Waals surface area contributed by atoms with Gasteiger partial charge in [-0.3, -0.25) is 14.4 Å². The van der Waals surface area contributed by atoms with E-state index in [1.165, 1.54) is 0 Å². The number of esters is 1. The van der Waals surface area contributed by atoms with Crippen LogP contribution in [-0.4, -0.2) is 86.4 Å². The Hall–Kier alpha value is -1.06. The molecule has 1 N–H and O–H groups in total. The van der Waals surface area contributed by atoms with Gasteiger partial charge in [-0.15, -0.1) is 18.3 Å². The van der Waals surface area contributed by atoms with Crippen LogP contribution in [-0.2, 0) is 19.1 Å². The van der Waals surface area contributed by atoms with E-state index >= 15 is 0 Å². The molecule has 0 aliphatic carbocycles. The van der Waals surface area contributed by atoms with Gasteiger partial charge in [-0.05, 0) is 26.2 Å². The summed E-state index contributed by atoms with van der Waals surface area (Å²) in [5, 5.41) is 9.33. The number of halogens is 1. The Bertz CT molecular complexity index is 737. The number of likely N-dealkylation sites (tertiary alicyclic amines) is 1. The standard InChI is InChI=1S/C23H35BrN2O5S/c1-4-7-8-11-25(10-5-2)21(29)19-23-14-15(24)18(32-23)16(22(30)31-6-3)17(23)20(28)26(19)12-9-13-27/h5,15-19,27H,2,4,6-14H2,1,3H3/t15?,16-,17+,18-,19?,23?/m1/s1. The molecule has 3 heterocycles. The van der Waals surface area contributed by atoms with E-state index in [1.54, 1.807) is 34.6 Å². The van der Waals surface area contributed by atoms with Crippen LogP contribution in [0.1, 0.15) is 46.0 Å². The summed E-state index contributed by atoms with van der Waals surface area (Å²) in [5.41, 5.74) is 0. The van der Waals surface area contributed by atoms with Gasteiger partial charge in [0.1, 0.15) is 6.04 Å². The van der Waals surface area contributed by atoms with E-state index < -0.39 is 22.6 Å². The number of alkyl halides is 1. The van der Waals surface area contributed by atoms with Crippen LogP contribution in [0.15, 0.2) is 12.7 Å². The van der Waals surface area contributed by atoms with Crippen molar-refractivity contribution < 1.29 is 24.2 Å². The average molecular weight is 532 g/mol. The molecular formula is C23H35BrN2O5S. The van der Waals surface area contributed by atoms with Gasteiger partial charge in [0.05, 0.1) is 23.2 Å². The monoisotopic (exact) mass is 530 g/mol. The van der Waals surface area contributed by atoms with Crippen LogP contribution in [0.5, 0.6) is 0 Å². The predicted molar refractivity (Wildman–Crippen MR) is 129 cm³/mol. The Morgan fingerprint density at radius 1 is 1.38 bits per heavy atom. The normalized spacial score (nSPS) is 32.8. The number of rotatable bonds is 12. The SMILES string of the molecule is C=CCN(CCCCC)C(=O)C1N(CCCO)C(=O)[C@@H]2[C@@H](C(=O)OCC)[C@@H]3SC12CC3Br. The molecule has 3 rings (SSSR count). The summed E-state index contributed by atoms with van der Waals surface area (Å²) in [6.07, 6.45) is 5.74. The highest BCUT2D eigenvalue weighted by Crippen LogP contribution is 2.68. The zero-order valence-electron chi connectivity index (χ0n) is 19.0. The molecule has 7 nitrogen and oxygen atoms in total. The van der Waals surface area contributed by atoms with Crippen LogP contribution >= 0.6 is 27.7 Å². The van der Waals surface area contributed by atoms with Gasteiger partial charge in [0.25, 0.3) is 0 Å². The molecule has 3 aliphatic heterocycles. The van der Waals surface area contributed by atoms with Crippen molar-refractivity contribution in [3.63, 3.8) is 0 Å². The molecule has 6 atom stereocenters. The fourth-order valence-electron chi connectivity index (χ4n) is 5.57. The number of unbranched alkanes of at least 4 members (excludes halogenated alkanes) is 2. The van der Waals surface area contributed by atoms with Gasteiger partial charge in [0, 0.05) is 36.3 Å². The Morgan fingerprint density at radius 3 is 2.75 bits per heavy atom. The van der Waals surface area contributed by atoms with Crippen molar-refractivity contribution in [2.24, 2.45) is 11.8 Å². The largest absolute Gasteiger partial charge is 0.466 e. The second kappa shape index (κ2) is 10.9. The van der Waals surface area contributed by atoms with Crippen LogP contribution < -0.4 is 0 Å². The Balaban J connectivity index is 1.98. The van der Waals surface area contributed by atoms with E-state index in [0.29, 0.717) is 32.5 Å². The van der Waals surface area contributed by atoms with E-state index in [9.17, 15) is 19.5 Å². The molecule has 3 fully saturated rings. The van der Waals surface area contributed by atoms with Crippen molar-refractivity contribution in [1.82, 2.24) is 9.80 Å². The Labute approximate surface area is 203 Å². The lowest BCUT2D eigenvalue weighted by Crippen LogP contribution is -2.55. The van der Waals surface area contributed by atoms with Gasteiger partial charge in [0.15, 0.2) is 0 Å². The molecule has 32 heavy (non-hydrogen) atoms. The minimum absolute atomic E-state index is 0.0343. The summed E-state index contributed by atoms with van der Waals surface area (Å²) in [6, 6.07) is -0.650.